The van der Waals surface area contributed by atoms with Crippen LogP contribution in [0.3, 0.4) is 0 Å². The Labute approximate surface area is 218 Å². The van der Waals surface area contributed by atoms with Crippen molar-refractivity contribution in [3.05, 3.63) is 95.2 Å². The van der Waals surface area contributed by atoms with Crippen LogP contribution >= 0.6 is 0 Å². The van der Waals surface area contributed by atoms with Gasteiger partial charge in [-0.3, -0.25) is 4.98 Å². The van der Waals surface area contributed by atoms with Gasteiger partial charge in [-0.2, -0.15) is 10.5 Å². The molecule has 0 atom stereocenters. The fourth-order valence-corrected chi connectivity index (χ4v) is 4.91. The summed E-state index contributed by atoms with van der Waals surface area (Å²) in [4.78, 5) is 4.56. The lowest BCUT2D eigenvalue weighted by Crippen LogP contribution is -2.10. The van der Waals surface area contributed by atoms with Gasteiger partial charge in [0, 0.05) is 22.5 Å². The molecule has 0 amide bonds. The van der Waals surface area contributed by atoms with Crippen LogP contribution < -0.4 is 0 Å². The summed E-state index contributed by atoms with van der Waals surface area (Å²) in [5, 5.41) is 21.6. The normalized spacial score (nSPS) is 12.0. The number of hydrogen-bond donors (Lipinski definition) is 0. The van der Waals surface area contributed by atoms with Crippen molar-refractivity contribution in [3.8, 4) is 29.1 Å². The first-order valence-electron chi connectivity index (χ1n) is 12.5. The molecule has 3 aromatic carbocycles. The van der Waals surface area contributed by atoms with Crippen molar-refractivity contribution in [1.29, 1.82) is 10.5 Å². The van der Waals surface area contributed by atoms with Crippen molar-refractivity contribution in [2.45, 2.75) is 52.4 Å². The largest absolute Gasteiger partial charge is 0.309 e. The van der Waals surface area contributed by atoms with Crippen LogP contribution in [0.5, 0.6) is 0 Å². The molecule has 0 aliphatic carbocycles. The molecule has 0 bridgehead atoms. The monoisotopic (exact) mass is 482 g/mol. The highest BCUT2D eigenvalue weighted by Crippen LogP contribution is 2.39. The van der Waals surface area contributed by atoms with E-state index in [-0.39, 0.29) is 10.8 Å². The molecular weight excluding hydrogens is 452 g/mol. The van der Waals surface area contributed by atoms with Gasteiger partial charge < -0.3 is 4.57 Å². The molecule has 0 unspecified atom stereocenters. The molecule has 2 heterocycles. The molecule has 0 radical (unpaired) electrons. The van der Waals surface area contributed by atoms with Crippen molar-refractivity contribution >= 4 is 21.8 Å². The first-order valence-corrected chi connectivity index (χ1v) is 12.5. The minimum atomic E-state index is 0.0241. The summed E-state index contributed by atoms with van der Waals surface area (Å²) >= 11 is 0. The molecule has 5 rings (SSSR count). The fourth-order valence-electron chi connectivity index (χ4n) is 4.91. The van der Waals surface area contributed by atoms with Crippen molar-refractivity contribution in [2.24, 2.45) is 0 Å². The van der Waals surface area contributed by atoms with Crippen molar-refractivity contribution in [1.82, 2.24) is 9.55 Å². The maximum atomic E-state index is 9.87. The molecule has 0 saturated heterocycles. The van der Waals surface area contributed by atoms with Gasteiger partial charge in [0.05, 0.1) is 33.5 Å². The number of rotatable bonds is 2. The average molecular weight is 483 g/mol. The minimum Gasteiger partial charge on any atom is -0.309 e. The second kappa shape index (κ2) is 8.61. The highest BCUT2D eigenvalue weighted by atomic mass is 15.0. The minimum absolute atomic E-state index is 0.0241. The predicted molar refractivity (Wildman–Crippen MR) is 151 cm³/mol. The van der Waals surface area contributed by atoms with Crippen LogP contribution in [0.4, 0.5) is 0 Å². The topological polar surface area (TPSA) is 65.4 Å². The summed E-state index contributed by atoms with van der Waals surface area (Å²) in [6.45, 7) is 13.4. The zero-order chi connectivity index (χ0) is 26.5. The van der Waals surface area contributed by atoms with Crippen molar-refractivity contribution < 1.29 is 0 Å². The number of aromatic nitrogens is 2. The first-order chi connectivity index (χ1) is 17.5. The van der Waals surface area contributed by atoms with Crippen LogP contribution in [-0.2, 0) is 10.8 Å². The standard InChI is InChI=1S/C33H30N4/c1-32(2,3)23-11-13-29-26(16-23)27-17-24(33(4,5)6)12-14-30(27)37(29)28-10-8-7-9-25(28)31-22(19-35)15-21(18-34)20-36-31/h7-17,20H,1-6H3. The maximum Gasteiger partial charge on any atom is 0.101 e. The number of nitriles is 2. The molecule has 2 aromatic heterocycles. The molecule has 5 aromatic rings. The molecule has 0 aliphatic rings. The molecule has 182 valence electrons. The summed E-state index contributed by atoms with van der Waals surface area (Å²) in [6, 6.07) is 27.5. The maximum absolute atomic E-state index is 9.87. The molecule has 0 aliphatic heterocycles. The zero-order valence-corrected chi connectivity index (χ0v) is 22.2. The van der Waals surface area contributed by atoms with E-state index in [0.29, 0.717) is 16.8 Å². The lowest BCUT2D eigenvalue weighted by Gasteiger charge is -2.19. The Morgan fingerprint density at radius 2 is 1.27 bits per heavy atom. The zero-order valence-electron chi connectivity index (χ0n) is 22.2. The van der Waals surface area contributed by atoms with E-state index in [1.165, 1.54) is 28.1 Å². The third kappa shape index (κ3) is 4.15. The quantitative estimate of drug-likeness (QED) is 0.255. The average Bonchev–Trinajstić information content (AvgIpc) is 3.20. The van der Waals surface area contributed by atoms with E-state index in [1.54, 1.807) is 6.07 Å². The van der Waals surface area contributed by atoms with Gasteiger partial charge in [0.1, 0.15) is 12.1 Å². The van der Waals surface area contributed by atoms with Gasteiger partial charge in [-0.15, -0.1) is 0 Å². The Kier molecular flexibility index (Phi) is 5.65. The van der Waals surface area contributed by atoms with Crippen LogP contribution in [0.1, 0.15) is 63.8 Å². The number of para-hydroxylation sites is 1. The van der Waals surface area contributed by atoms with Gasteiger partial charge >= 0.3 is 0 Å². The van der Waals surface area contributed by atoms with E-state index in [9.17, 15) is 10.5 Å². The molecular formula is C33H30N4. The molecule has 37 heavy (non-hydrogen) atoms. The molecule has 0 fully saturated rings. The highest BCUT2D eigenvalue weighted by molar-refractivity contribution is 6.10. The van der Waals surface area contributed by atoms with Crippen LogP contribution in [0.25, 0.3) is 38.8 Å². The second-order valence-electron chi connectivity index (χ2n) is 11.7. The number of pyridine rings is 1. The van der Waals surface area contributed by atoms with E-state index in [2.05, 4.69) is 106 Å². The molecule has 4 heteroatoms. The van der Waals surface area contributed by atoms with Crippen molar-refractivity contribution in [3.63, 3.8) is 0 Å². The molecule has 0 spiro atoms. The van der Waals surface area contributed by atoms with E-state index in [0.717, 1.165) is 22.3 Å². The van der Waals surface area contributed by atoms with E-state index < -0.39 is 0 Å². The summed E-state index contributed by atoms with van der Waals surface area (Å²) in [6.07, 6.45) is 1.53. The van der Waals surface area contributed by atoms with Crippen molar-refractivity contribution in [2.75, 3.05) is 0 Å². The Balaban J connectivity index is 1.89. The summed E-state index contributed by atoms with van der Waals surface area (Å²) in [7, 11) is 0. The SMILES string of the molecule is CC(C)(C)c1ccc2c(c1)c1cc(C(C)(C)C)ccc1n2-c1ccccc1-c1ncc(C#N)cc1C#N. The Hall–Kier alpha value is -4.41. The highest BCUT2D eigenvalue weighted by Gasteiger charge is 2.22. The van der Waals surface area contributed by atoms with E-state index >= 15 is 0 Å². The summed E-state index contributed by atoms with van der Waals surface area (Å²) in [5.41, 5.74) is 7.96. The number of fused-ring (bicyclic) bond motifs is 3. The van der Waals surface area contributed by atoms with Gasteiger partial charge in [0.15, 0.2) is 0 Å². The van der Waals surface area contributed by atoms with E-state index in [4.69, 9.17) is 0 Å². The van der Waals surface area contributed by atoms with Crippen LogP contribution in [0, 0.1) is 22.7 Å². The third-order valence-electron chi connectivity index (χ3n) is 7.03. The molecule has 4 nitrogen and oxygen atoms in total. The first kappa shape index (κ1) is 24.3. The van der Waals surface area contributed by atoms with Crippen LogP contribution in [-0.4, -0.2) is 9.55 Å². The Morgan fingerprint density at radius 1 is 0.703 bits per heavy atom. The van der Waals surface area contributed by atoms with Gasteiger partial charge in [0.25, 0.3) is 0 Å². The lowest BCUT2D eigenvalue weighted by molar-refractivity contribution is 0.590. The summed E-state index contributed by atoms with van der Waals surface area (Å²) < 4.78 is 2.28. The second-order valence-corrected chi connectivity index (χ2v) is 11.7. The van der Waals surface area contributed by atoms with Gasteiger partial charge in [-0.05, 0) is 58.4 Å². The Morgan fingerprint density at radius 3 is 1.78 bits per heavy atom. The van der Waals surface area contributed by atoms with Gasteiger partial charge in [0.2, 0.25) is 0 Å². The smallest absolute Gasteiger partial charge is 0.101 e. The van der Waals surface area contributed by atoms with Gasteiger partial charge in [-0.1, -0.05) is 71.9 Å². The Bertz CT molecular complexity index is 1690. The summed E-state index contributed by atoms with van der Waals surface area (Å²) in [5.74, 6) is 0. The lowest BCUT2D eigenvalue weighted by atomic mass is 9.85. The van der Waals surface area contributed by atoms with Crippen LogP contribution in [0.2, 0.25) is 0 Å². The predicted octanol–water partition coefficient (Wildman–Crippen LogP) is 8.18. The number of hydrogen-bond acceptors (Lipinski definition) is 3. The fraction of sp³-hybridized carbons (Fsp3) is 0.242. The number of nitrogens with zero attached hydrogens (tertiary/aromatic N) is 4. The number of benzene rings is 3. The molecule has 0 saturated carbocycles. The molecule has 0 N–H and O–H groups in total. The van der Waals surface area contributed by atoms with Crippen LogP contribution in [0.15, 0.2) is 72.9 Å². The van der Waals surface area contributed by atoms with Gasteiger partial charge in [-0.25, -0.2) is 0 Å². The van der Waals surface area contributed by atoms with E-state index in [1.807, 2.05) is 18.2 Å². The third-order valence-corrected chi connectivity index (χ3v) is 7.03.